The van der Waals surface area contributed by atoms with Crippen LogP contribution in [0.1, 0.15) is 25.3 Å². The highest BCUT2D eigenvalue weighted by molar-refractivity contribution is 7.78. The molecule has 1 aliphatic heterocycles. The largest absolute Gasteiger partial charge is 0.468 e. The molecule has 10 nitrogen and oxygen atoms in total. The molecule has 0 fully saturated rings. The summed E-state index contributed by atoms with van der Waals surface area (Å²) in [6.45, 7) is 2.93. The first kappa shape index (κ1) is 24.1. The second kappa shape index (κ2) is 9.32. The number of para-hydroxylation sites is 1. The van der Waals surface area contributed by atoms with Crippen LogP contribution in [-0.4, -0.2) is 58.3 Å². The molecule has 1 heterocycles. The maximum atomic E-state index is 13.3. The van der Waals surface area contributed by atoms with E-state index in [-0.39, 0.29) is 17.0 Å². The number of carbonyl (C=O) groups excluding carboxylic acids is 2. The Balaban J connectivity index is 3.16. The molecule has 4 unspecified atom stereocenters. The average Bonchev–Trinajstić information content (AvgIpc) is 2.74. The summed E-state index contributed by atoms with van der Waals surface area (Å²) < 4.78 is 9.93. The smallest absolute Gasteiger partial charge is 0.339 e. The molecule has 31 heavy (non-hydrogen) atoms. The molecular formula is C19H18N4O6S2. The normalized spacial score (nSPS) is 27.0. The predicted molar refractivity (Wildman–Crippen MR) is 118 cm³/mol. The molecule has 12 heteroatoms. The Bertz CT molecular complexity index is 1060. The van der Waals surface area contributed by atoms with Crippen molar-refractivity contribution in [3.8, 4) is 0 Å². The predicted octanol–water partition coefficient (Wildman–Crippen LogP) is 2.78. The van der Waals surface area contributed by atoms with Crippen molar-refractivity contribution in [1.29, 1.82) is 0 Å². The quantitative estimate of drug-likeness (QED) is 0.207. The Morgan fingerprint density at radius 2 is 1.81 bits per heavy atom. The average molecular weight is 463 g/mol. The van der Waals surface area contributed by atoms with Gasteiger partial charge in [-0.25, -0.2) is 9.79 Å². The van der Waals surface area contributed by atoms with Crippen molar-refractivity contribution < 1.29 is 24.0 Å². The van der Waals surface area contributed by atoms with E-state index in [2.05, 4.69) is 25.3 Å². The molecule has 0 aromatic heterocycles. The number of nitro benzene ring substituents is 1. The Morgan fingerprint density at radius 1 is 1.19 bits per heavy atom. The molecular weight excluding hydrogens is 444 g/mol. The lowest BCUT2D eigenvalue weighted by Crippen LogP contribution is -2.64. The fraction of sp³-hybridized carbons (Fsp3) is 0.421. The van der Waals surface area contributed by atoms with Crippen molar-refractivity contribution in [2.24, 2.45) is 20.9 Å². The third-order valence-corrected chi connectivity index (χ3v) is 5.44. The molecule has 1 aliphatic rings. The number of nitrogens with zero attached hydrogens (tertiary/aromatic N) is 4. The van der Waals surface area contributed by atoms with E-state index in [4.69, 9.17) is 33.9 Å². The van der Waals surface area contributed by atoms with E-state index in [0.717, 1.165) is 14.2 Å². The third-order valence-electron chi connectivity index (χ3n) is 5.26. The molecule has 0 radical (unpaired) electrons. The van der Waals surface area contributed by atoms with Gasteiger partial charge in [0.15, 0.2) is 5.66 Å². The highest BCUT2D eigenvalue weighted by Crippen LogP contribution is 2.53. The zero-order valence-electron chi connectivity index (χ0n) is 17.0. The number of aliphatic imine (C=N–C) groups is 3. The third kappa shape index (κ3) is 3.82. The van der Waals surface area contributed by atoms with E-state index in [1.54, 1.807) is 0 Å². The fourth-order valence-corrected chi connectivity index (χ4v) is 4.32. The first-order chi connectivity index (χ1) is 14.6. The van der Waals surface area contributed by atoms with Gasteiger partial charge in [0.2, 0.25) is 5.54 Å². The van der Waals surface area contributed by atoms with Crippen LogP contribution in [0.25, 0.3) is 0 Å². The lowest BCUT2D eigenvalue weighted by atomic mass is 9.62. The number of rotatable bonds is 6. The summed E-state index contributed by atoms with van der Waals surface area (Å²) >= 11 is 9.55. The summed E-state index contributed by atoms with van der Waals surface area (Å²) in [7, 11) is 2.25. The van der Waals surface area contributed by atoms with Crippen LogP contribution >= 0.6 is 24.4 Å². The molecule has 162 valence electrons. The molecule has 0 amide bonds. The van der Waals surface area contributed by atoms with Gasteiger partial charge in [0.05, 0.1) is 35.4 Å². The Labute approximate surface area is 188 Å². The van der Waals surface area contributed by atoms with Gasteiger partial charge < -0.3 is 9.47 Å². The Morgan fingerprint density at radius 3 is 2.32 bits per heavy atom. The molecule has 0 aliphatic carbocycles. The number of methoxy groups -OCH3 is 2. The van der Waals surface area contributed by atoms with Crippen molar-refractivity contribution in [2.45, 2.75) is 31.0 Å². The van der Waals surface area contributed by atoms with Crippen LogP contribution in [0.15, 0.2) is 39.2 Å². The lowest BCUT2D eigenvalue weighted by molar-refractivity contribution is -0.385. The standard InChI is InChI=1S/C19H18N4O6S2/c1-11-14(16(24)28-3)15(12-7-5-6-8-13(12)23(26)27)19(21-10-31,17(25)29-4)18(2,22-11)20-9-30/h5-8,14-15H,1-4H3. The van der Waals surface area contributed by atoms with Crippen LogP contribution in [0.2, 0.25) is 0 Å². The lowest BCUT2D eigenvalue weighted by Gasteiger charge is -2.47. The van der Waals surface area contributed by atoms with Gasteiger partial charge in [0, 0.05) is 17.3 Å². The van der Waals surface area contributed by atoms with E-state index < -0.39 is 39.9 Å². The molecule has 1 aromatic carbocycles. The number of carbonyl (C=O) groups is 2. The number of hydrogen-bond donors (Lipinski definition) is 0. The highest BCUT2D eigenvalue weighted by atomic mass is 32.1. The second-order valence-corrected chi connectivity index (χ2v) is 7.10. The van der Waals surface area contributed by atoms with E-state index >= 15 is 0 Å². The van der Waals surface area contributed by atoms with Gasteiger partial charge in [-0.05, 0) is 38.3 Å². The van der Waals surface area contributed by atoms with Gasteiger partial charge in [-0.3, -0.25) is 19.9 Å². The van der Waals surface area contributed by atoms with Gasteiger partial charge in [0.1, 0.15) is 5.92 Å². The number of nitro groups is 1. The Hall–Kier alpha value is -3.17. The number of isothiocyanates is 2. The highest BCUT2D eigenvalue weighted by Gasteiger charge is 2.68. The van der Waals surface area contributed by atoms with Crippen LogP contribution in [-0.2, 0) is 19.1 Å². The molecule has 2 rings (SSSR count). The molecule has 0 N–H and O–H groups in total. The molecule has 0 saturated heterocycles. The van der Waals surface area contributed by atoms with Gasteiger partial charge in [-0.2, -0.15) is 4.99 Å². The summed E-state index contributed by atoms with van der Waals surface area (Å²) in [5, 5.41) is 16.1. The topological polar surface area (TPSA) is 133 Å². The van der Waals surface area contributed by atoms with Crippen molar-refractivity contribution in [1.82, 2.24) is 0 Å². The van der Waals surface area contributed by atoms with Crippen LogP contribution in [0.5, 0.6) is 0 Å². The zero-order chi connectivity index (χ0) is 23.4. The van der Waals surface area contributed by atoms with Crippen LogP contribution in [0, 0.1) is 16.0 Å². The number of benzene rings is 1. The summed E-state index contributed by atoms with van der Waals surface area (Å²) in [5.41, 5.74) is -4.10. The van der Waals surface area contributed by atoms with Crippen molar-refractivity contribution in [2.75, 3.05) is 14.2 Å². The monoisotopic (exact) mass is 462 g/mol. The summed E-state index contributed by atoms with van der Waals surface area (Å²) in [4.78, 5) is 49.9. The summed E-state index contributed by atoms with van der Waals surface area (Å²) in [5.74, 6) is -4.36. The summed E-state index contributed by atoms with van der Waals surface area (Å²) in [6, 6.07) is 5.64. The van der Waals surface area contributed by atoms with E-state index in [9.17, 15) is 19.7 Å². The molecule has 1 aromatic rings. The van der Waals surface area contributed by atoms with Gasteiger partial charge >= 0.3 is 11.9 Å². The molecule has 0 bridgehead atoms. The molecule has 0 spiro atoms. The van der Waals surface area contributed by atoms with Crippen LogP contribution in [0.4, 0.5) is 5.69 Å². The summed E-state index contributed by atoms with van der Waals surface area (Å²) in [6.07, 6.45) is 0. The second-order valence-electron chi connectivity index (χ2n) is 6.73. The van der Waals surface area contributed by atoms with Crippen molar-refractivity contribution >= 4 is 58.1 Å². The van der Waals surface area contributed by atoms with E-state index in [1.807, 2.05) is 0 Å². The SMILES string of the molecule is COC(=O)C1C(C)=NC(C)(N=C=S)C(N=C=S)(C(=O)OC)C1c1ccccc1[N+](=O)[O-]. The van der Waals surface area contributed by atoms with Gasteiger partial charge in [-0.15, -0.1) is 0 Å². The van der Waals surface area contributed by atoms with Crippen LogP contribution in [0.3, 0.4) is 0 Å². The van der Waals surface area contributed by atoms with E-state index in [1.165, 1.54) is 38.1 Å². The maximum absolute atomic E-state index is 13.3. The van der Waals surface area contributed by atoms with Gasteiger partial charge in [-0.1, -0.05) is 18.2 Å². The number of thiocarbonyl (C=S) groups is 2. The van der Waals surface area contributed by atoms with Crippen molar-refractivity contribution in [3.05, 3.63) is 39.9 Å². The van der Waals surface area contributed by atoms with Crippen molar-refractivity contribution in [3.63, 3.8) is 0 Å². The number of ether oxygens (including phenoxy) is 2. The fourth-order valence-electron chi connectivity index (χ4n) is 4.00. The first-order valence-corrected chi connectivity index (χ1v) is 9.60. The minimum Gasteiger partial charge on any atom is -0.468 e. The minimum atomic E-state index is -2.17. The maximum Gasteiger partial charge on any atom is 0.339 e. The molecule has 0 saturated carbocycles. The first-order valence-electron chi connectivity index (χ1n) is 8.79. The Kier molecular flexibility index (Phi) is 7.24. The minimum absolute atomic E-state index is 0.0161. The van der Waals surface area contributed by atoms with Gasteiger partial charge in [0.25, 0.3) is 5.69 Å². The number of esters is 2. The van der Waals surface area contributed by atoms with E-state index in [0.29, 0.717) is 0 Å². The molecule has 4 atom stereocenters. The van der Waals surface area contributed by atoms with Crippen LogP contribution < -0.4 is 0 Å². The number of hydrogen-bond acceptors (Lipinski definition) is 11. The zero-order valence-corrected chi connectivity index (χ0v) is 18.7.